The molecule has 64 valence electrons. The van der Waals surface area contributed by atoms with E-state index in [9.17, 15) is 0 Å². The van der Waals surface area contributed by atoms with Crippen molar-refractivity contribution in [1.29, 1.82) is 0 Å². The summed E-state index contributed by atoms with van der Waals surface area (Å²) in [6, 6.07) is 2.21. The van der Waals surface area contributed by atoms with Gasteiger partial charge < -0.3 is 0 Å². The Labute approximate surface area is 75.8 Å². The number of pyridine rings is 1. The van der Waals surface area contributed by atoms with Crippen LogP contribution in [-0.2, 0) is 12.2 Å². The van der Waals surface area contributed by atoms with Crippen LogP contribution in [0.3, 0.4) is 0 Å². The van der Waals surface area contributed by atoms with Crippen molar-refractivity contribution >= 4 is 16.4 Å². The van der Waals surface area contributed by atoms with E-state index in [1.807, 2.05) is 6.20 Å². The molecule has 1 nitrogen and oxygen atoms in total. The first-order valence-corrected chi connectivity index (χ1v) is 5.90. The summed E-state index contributed by atoms with van der Waals surface area (Å²) in [4.78, 5) is 4.30. The Morgan fingerprint density at radius 1 is 1.50 bits per heavy atom. The van der Waals surface area contributed by atoms with Gasteiger partial charge in [0.05, 0.1) is 0 Å². The number of rotatable bonds is 0. The molecule has 0 spiro atoms. The first-order chi connectivity index (χ1) is 5.75. The van der Waals surface area contributed by atoms with Crippen LogP contribution in [0, 0.1) is 6.92 Å². The van der Waals surface area contributed by atoms with Gasteiger partial charge in [0, 0.05) is 17.6 Å². The lowest BCUT2D eigenvalue weighted by Crippen LogP contribution is -2.05. The van der Waals surface area contributed by atoms with Crippen LogP contribution in [0.15, 0.2) is 12.3 Å². The highest BCUT2D eigenvalue weighted by Gasteiger charge is 2.10. The molecule has 1 aromatic heterocycles. The standard InChI is InChI=1S/C10H13NS/c1-8-5-9-3-4-12(2)7-10(9)6-11-8/h5-6H,2-4,7H2,1H3. The van der Waals surface area contributed by atoms with Crippen LogP contribution in [0.25, 0.3) is 0 Å². The van der Waals surface area contributed by atoms with Gasteiger partial charge >= 0.3 is 0 Å². The molecule has 0 bridgehead atoms. The molecule has 0 N–H and O–H groups in total. The summed E-state index contributed by atoms with van der Waals surface area (Å²) in [6.07, 6.45) is 3.22. The number of hydrogen-bond acceptors (Lipinski definition) is 1. The first kappa shape index (κ1) is 7.99. The van der Waals surface area contributed by atoms with Crippen molar-refractivity contribution in [3.05, 3.63) is 29.1 Å². The van der Waals surface area contributed by atoms with E-state index in [-0.39, 0.29) is 0 Å². The summed E-state index contributed by atoms with van der Waals surface area (Å²) >= 11 is 0. The summed E-state index contributed by atoms with van der Waals surface area (Å²) < 4.78 is 0. The number of hydrogen-bond donors (Lipinski definition) is 0. The highest BCUT2D eigenvalue weighted by Crippen LogP contribution is 2.27. The molecule has 0 saturated carbocycles. The average Bonchev–Trinajstić information content (AvgIpc) is 2.05. The van der Waals surface area contributed by atoms with E-state index in [0.29, 0.717) is 10.5 Å². The van der Waals surface area contributed by atoms with Gasteiger partial charge in [-0.2, -0.15) is 10.5 Å². The summed E-state index contributed by atoms with van der Waals surface area (Å²) in [7, 11) is 0.352. The lowest BCUT2D eigenvalue weighted by atomic mass is 10.1. The molecule has 0 fully saturated rings. The van der Waals surface area contributed by atoms with Gasteiger partial charge in [-0.05, 0) is 36.3 Å². The first-order valence-electron chi connectivity index (χ1n) is 4.17. The smallest absolute Gasteiger partial charge is 0.0375 e. The molecule has 0 aromatic carbocycles. The molecule has 0 radical (unpaired) electrons. The zero-order valence-corrected chi connectivity index (χ0v) is 8.16. The maximum absolute atomic E-state index is 4.30. The van der Waals surface area contributed by atoms with Crippen LogP contribution < -0.4 is 0 Å². The Morgan fingerprint density at radius 2 is 2.33 bits per heavy atom. The fourth-order valence-corrected chi connectivity index (χ4v) is 2.91. The van der Waals surface area contributed by atoms with Crippen LogP contribution in [0.4, 0.5) is 0 Å². The minimum Gasteiger partial charge on any atom is -0.261 e. The molecule has 0 saturated heterocycles. The summed E-state index contributed by atoms with van der Waals surface area (Å²) in [5, 5.41) is 0. The lowest BCUT2D eigenvalue weighted by Gasteiger charge is -2.18. The second-order valence-corrected chi connectivity index (χ2v) is 5.23. The zero-order valence-electron chi connectivity index (χ0n) is 7.34. The molecular weight excluding hydrogens is 166 g/mol. The van der Waals surface area contributed by atoms with E-state index in [0.717, 1.165) is 11.4 Å². The van der Waals surface area contributed by atoms with Crippen LogP contribution >= 0.6 is 10.5 Å². The van der Waals surface area contributed by atoms with Gasteiger partial charge in [-0.25, -0.2) is 0 Å². The Morgan fingerprint density at radius 3 is 3.17 bits per heavy atom. The summed E-state index contributed by atoms with van der Waals surface area (Å²) in [5.74, 6) is 6.52. The van der Waals surface area contributed by atoms with Gasteiger partial charge in [-0.3, -0.25) is 4.98 Å². The third kappa shape index (κ3) is 1.44. The van der Waals surface area contributed by atoms with Gasteiger partial charge in [0.1, 0.15) is 0 Å². The largest absolute Gasteiger partial charge is 0.261 e. The molecule has 12 heavy (non-hydrogen) atoms. The van der Waals surface area contributed by atoms with E-state index >= 15 is 0 Å². The second kappa shape index (κ2) is 3.02. The summed E-state index contributed by atoms with van der Waals surface area (Å²) in [5.41, 5.74) is 4.06. The number of fused-ring (bicyclic) bond motifs is 1. The average molecular weight is 179 g/mol. The maximum atomic E-state index is 4.30. The lowest BCUT2D eigenvalue weighted by molar-refractivity contribution is 1.03. The number of aromatic nitrogens is 1. The Balaban J connectivity index is 2.43. The van der Waals surface area contributed by atoms with Crippen LogP contribution in [0.5, 0.6) is 0 Å². The molecule has 0 amide bonds. The molecule has 1 aromatic rings. The highest BCUT2D eigenvalue weighted by atomic mass is 32.2. The fourth-order valence-electron chi connectivity index (χ4n) is 1.55. The minimum absolute atomic E-state index is 0.352. The number of nitrogens with zero attached hydrogens (tertiary/aromatic N) is 1. The van der Waals surface area contributed by atoms with Crippen molar-refractivity contribution < 1.29 is 0 Å². The molecule has 2 heteroatoms. The van der Waals surface area contributed by atoms with Crippen LogP contribution in [0.2, 0.25) is 0 Å². The molecule has 1 atom stereocenters. The number of aryl methyl sites for hydroxylation is 2. The van der Waals surface area contributed by atoms with E-state index in [1.165, 1.54) is 23.3 Å². The normalized spacial score (nSPS) is 21.9. The quantitative estimate of drug-likeness (QED) is 0.556. The van der Waals surface area contributed by atoms with Crippen molar-refractivity contribution in [3.8, 4) is 0 Å². The van der Waals surface area contributed by atoms with Crippen molar-refractivity contribution in [2.75, 3.05) is 5.75 Å². The third-order valence-electron chi connectivity index (χ3n) is 2.24. The van der Waals surface area contributed by atoms with Crippen molar-refractivity contribution in [2.45, 2.75) is 19.1 Å². The maximum Gasteiger partial charge on any atom is 0.0375 e. The zero-order chi connectivity index (χ0) is 8.55. The van der Waals surface area contributed by atoms with E-state index in [2.05, 4.69) is 23.8 Å². The molecule has 1 unspecified atom stereocenters. The van der Waals surface area contributed by atoms with Gasteiger partial charge in [0.25, 0.3) is 0 Å². The van der Waals surface area contributed by atoms with Crippen LogP contribution in [-0.4, -0.2) is 16.6 Å². The van der Waals surface area contributed by atoms with E-state index in [4.69, 9.17) is 0 Å². The van der Waals surface area contributed by atoms with E-state index < -0.39 is 0 Å². The SMILES string of the molecule is C=S1CCc2cc(C)ncc2C1. The highest BCUT2D eigenvalue weighted by molar-refractivity contribution is 8.13. The molecule has 1 aliphatic rings. The predicted molar refractivity (Wildman–Crippen MR) is 56.0 cm³/mol. The minimum atomic E-state index is 0.352. The summed E-state index contributed by atoms with van der Waals surface area (Å²) in [6.45, 7) is 2.05. The molecular formula is C10H13NS. The molecule has 2 rings (SSSR count). The second-order valence-electron chi connectivity index (χ2n) is 3.31. The third-order valence-corrected chi connectivity index (χ3v) is 3.74. The molecule has 1 aliphatic heterocycles. The van der Waals surface area contributed by atoms with E-state index in [1.54, 1.807) is 0 Å². The van der Waals surface area contributed by atoms with Crippen molar-refractivity contribution in [3.63, 3.8) is 0 Å². The van der Waals surface area contributed by atoms with Gasteiger partial charge in [0.2, 0.25) is 0 Å². The van der Waals surface area contributed by atoms with Gasteiger partial charge in [-0.15, -0.1) is 0 Å². The topological polar surface area (TPSA) is 12.9 Å². The van der Waals surface area contributed by atoms with Gasteiger partial charge in [-0.1, -0.05) is 5.87 Å². The van der Waals surface area contributed by atoms with Crippen molar-refractivity contribution in [1.82, 2.24) is 4.98 Å². The monoisotopic (exact) mass is 179 g/mol. The van der Waals surface area contributed by atoms with Crippen molar-refractivity contribution in [2.24, 2.45) is 0 Å². The van der Waals surface area contributed by atoms with Gasteiger partial charge in [0.15, 0.2) is 0 Å². The predicted octanol–water partition coefficient (Wildman–Crippen LogP) is 2.15. The molecule has 2 heterocycles. The Bertz CT molecular complexity index is 331. The Hall–Kier alpha value is -0.630. The molecule has 0 aliphatic carbocycles. The Kier molecular flexibility index (Phi) is 2.01. The fraction of sp³-hybridized carbons (Fsp3) is 0.400. The van der Waals surface area contributed by atoms with Crippen LogP contribution in [0.1, 0.15) is 16.8 Å².